The number of amides is 1. The van der Waals surface area contributed by atoms with Crippen LogP contribution in [0.15, 0.2) is 36.4 Å². The molecule has 0 aliphatic rings. The van der Waals surface area contributed by atoms with E-state index in [9.17, 15) is 9.59 Å². The molecule has 0 aromatic heterocycles. The molecule has 0 aliphatic carbocycles. The number of carbonyl (C=O) groups is 2. The van der Waals surface area contributed by atoms with Crippen LogP contribution in [0.3, 0.4) is 0 Å². The van der Waals surface area contributed by atoms with Gasteiger partial charge >= 0.3 is 35.5 Å². The topological polar surface area (TPSA) is 92.4 Å². The van der Waals surface area contributed by atoms with Crippen molar-refractivity contribution in [2.75, 3.05) is 11.1 Å². The van der Waals surface area contributed by atoms with Crippen LogP contribution < -0.4 is 11.1 Å². The number of aliphatic carboxylic acids is 1. The van der Waals surface area contributed by atoms with E-state index in [4.69, 9.17) is 10.8 Å². The predicted octanol–water partition coefficient (Wildman–Crippen LogP) is 0.200. The molecule has 1 aromatic rings. The zero-order valence-corrected chi connectivity index (χ0v) is 7.81. The molecule has 0 heterocycles. The van der Waals surface area contributed by atoms with Gasteiger partial charge in [0, 0.05) is 23.5 Å². The second-order valence-electron chi connectivity index (χ2n) is 2.78. The van der Waals surface area contributed by atoms with E-state index in [0.29, 0.717) is 11.4 Å². The number of nitrogen functional groups attached to an aromatic ring is 1. The van der Waals surface area contributed by atoms with Crippen LogP contribution in [0.25, 0.3) is 0 Å². The number of anilines is 2. The number of nitrogens with one attached hydrogen (secondary N) is 1. The Morgan fingerprint density at radius 1 is 1.19 bits per heavy atom. The van der Waals surface area contributed by atoms with Crippen molar-refractivity contribution in [3.63, 3.8) is 0 Å². The van der Waals surface area contributed by atoms with Crippen LogP contribution in [0.1, 0.15) is 0 Å². The summed E-state index contributed by atoms with van der Waals surface area (Å²) < 4.78 is 0. The van der Waals surface area contributed by atoms with Gasteiger partial charge in [0.15, 0.2) is 0 Å². The van der Waals surface area contributed by atoms with E-state index in [2.05, 4.69) is 5.32 Å². The second-order valence-corrected chi connectivity index (χ2v) is 2.78. The molecule has 0 unspecified atom stereocenters. The van der Waals surface area contributed by atoms with Crippen molar-refractivity contribution in [3.05, 3.63) is 36.4 Å². The molecule has 80 valence electrons. The summed E-state index contributed by atoms with van der Waals surface area (Å²) in [6.45, 7) is 0. The van der Waals surface area contributed by atoms with Gasteiger partial charge in [-0.05, 0) is 24.3 Å². The maximum absolute atomic E-state index is 11.1. The van der Waals surface area contributed by atoms with Gasteiger partial charge < -0.3 is 16.2 Å². The van der Waals surface area contributed by atoms with E-state index >= 15 is 0 Å². The molecule has 0 fully saturated rings. The van der Waals surface area contributed by atoms with Gasteiger partial charge in [-0.3, -0.25) is 4.79 Å². The third-order valence-corrected chi connectivity index (χ3v) is 1.56. The fourth-order valence-electron chi connectivity index (χ4n) is 0.897. The van der Waals surface area contributed by atoms with Gasteiger partial charge in [-0.2, -0.15) is 0 Å². The Kier molecular flexibility index (Phi) is 6.48. The Labute approximate surface area is 115 Å². The van der Waals surface area contributed by atoms with E-state index in [0.717, 1.165) is 12.2 Å². The molecule has 6 heteroatoms. The van der Waals surface area contributed by atoms with Crippen molar-refractivity contribution in [3.8, 4) is 0 Å². The fraction of sp³-hybridized carbons (Fsp3) is 0. The predicted molar refractivity (Wildman–Crippen MR) is 63.4 cm³/mol. The van der Waals surface area contributed by atoms with Crippen molar-refractivity contribution in [2.45, 2.75) is 0 Å². The molecule has 0 radical (unpaired) electrons. The first-order valence-corrected chi connectivity index (χ1v) is 4.15. The summed E-state index contributed by atoms with van der Waals surface area (Å²) in [6.07, 6.45) is 1.71. The molecule has 1 amide bonds. The number of nitrogens with two attached hydrogens (primary N) is 1. The summed E-state index contributed by atoms with van der Waals surface area (Å²) in [4.78, 5) is 21.2. The molecule has 16 heavy (non-hydrogen) atoms. The number of benzene rings is 1. The summed E-state index contributed by atoms with van der Waals surface area (Å²) in [6, 6.07) is 6.52. The number of hydrogen-bond acceptors (Lipinski definition) is 3. The molecule has 1 rings (SSSR count). The summed E-state index contributed by atoms with van der Waals surface area (Å²) in [5, 5.41) is 10.8. The number of carboxylic acids is 1. The fourth-order valence-corrected chi connectivity index (χ4v) is 0.897. The first-order chi connectivity index (χ1) is 7.08. The van der Waals surface area contributed by atoms with Crippen molar-refractivity contribution in [2.24, 2.45) is 0 Å². The minimum atomic E-state index is -1.16. The number of rotatable bonds is 3. The summed E-state index contributed by atoms with van der Waals surface area (Å²) in [5.41, 5.74) is 6.60. The molecule has 1 aromatic carbocycles. The van der Waals surface area contributed by atoms with Gasteiger partial charge in [0.25, 0.3) is 0 Å². The number of hydrogen-bond donors (Lipinski definition) is 3. The van der Waals surface area contributed by atoms with Crippen molar-refractivity contribution in [1.29, 1.82) is 0 Å². The van der Waals surface area contributed by atoms with Gasteiger partial charge in [-0.15, -0.1) is 0 Å². The van der Waals surface area contributed by atoms with Gasteiger partial charge in [-0.25, -0.2) is 4.79 Å². The van der Waals surface area contributed by atoms with E-state index in [1.54, 1.807) is 24.3 Å². The Morgan fingerprint density at radius 3 is 2.25 bits per heavy atom. The van der Waals surface area contributed by atoms with Gasteiger partial charge in [0.2, 0.25) is 5.91 Å². The van der Waals surface area contributed by atoms with Crippen LogP contribution in [0.4, 0.5) is 11.4 Å². The summed E-state index contributed by atoms with van der Waals surface area (Å²) in [5.74, 6) is -1.66. The Morgan fingerprint density at radius 2 is 1.75 bits per heavy atom. The molecule has 0 atom stereocenters. The maximum atomic E-state index is 11.1. The number of carboxylic acid groups (broad SMARTS) is 1. The molecular weight excluding hydrogens is 219 g/mol. The molecule has 0 aliphatic heterocycles. The quantitative estimate of drug-likeness (QED) is 0.393. The van der Waals surface area contributed by atoms with Crippen molar-refractivity contribution < 1.29 is 14.7 Å². The van der Waals surface area contributed by atoms with E-state index in [1.807, 2.05) is 0 Å². The first-order valence-electron chi connectivity index (χ1n) is 4.15. The molecule has 0 bridgehead atoms. The van der Waals surface area contributed by atoms with E-state index in [1.165, 1.54) is 0 Å². The van der Waals surface area contributed by atoms with Crippen molar-refractivity contribution in [1.82, 2.24) is 0 Å². The SMILES string of the molecule is Nc1ccc(NC(=O)/C=C\C(=O)O)cc1.[NaH]. The molecular formula is C10H11N2NaO3. The van der Waals surface area contributed by atoms with E-state index in [-0.39, 0.29) is 29.6 Å². The third-order valence-electron chi connectivity index (χ3n) is 1.56. The van der Waals surface area contributed by atoms with Gasteiger partial charge in [0.05, 0.1) is 0 Å². The monoisotopic (exact) mass is 230 g/mol. The first kappa shape index (κ1) is 14.7. The van der Waals surface area contributed by atoms with Crippen LogP contribution in [0.2, 0.25) is 0 Å². The molecule has 0 spiro atoms. The summed E-state index contributed by atoms with van der Waals surface area (Å²) in [7, 11) is 0. The minimum absolute atomic E-state index is 0. The van der Waals surface area contributed by atoms with E-state index < -0.39 is 11.9 Å². The van der Waals surface area contributed by atoms with Crippen LogP contribution in [0, 0.1) is 0 Å². The van der Waals surface area contributed by atoms with Crippen LogP contribution >= 0.6 is 0 Å². The Balaban J connectivity index is 0.00000225. The standard InChI is InChI=1S/C10H10N2O3.Na.H/c11-7-1-3-8(4-2-7)12-9(13)5-6-10(14)15;;/h1-6H,11H2,(H,12,13)(H,14,15);;/b6-5-;;. The molecule has 0 saturated carbocycles. The van der Waals surface area contributed by atoms with Gasteiger partial charge in [-0.1, -0.05) is 0 Å². The second kappa shape index (κ2) is 7.05. The molecule has 0 saturated heterocycles. The molecule has 4 N–H and O–H groups in total. The average Bonchev–Trinajstić information content (AvgIpc) is 2.19. The van der Waals surface area contributed by atoms with Crippen LogP contribution in [0.5, 0.6) is 0 Å². The van der Waals surface area contributed by atoms with Crippen LogP contribution in [-0.4, -0.2) is 46.5 Å². The zero-order valence-electron chi connectivity index (χ0n) is 7.81. The van der Waals surface area contributed by atoms with Crippen LogP contribution in [-0.2, 0) is 9.59 Å². The Bertz CT molecular complexity index is 401. The van der Waals surface area contributed by atoms with Crippen molar-refractivity contribution >= 4 is 52.8 Å². The third kappa shape index (κ3) is 5.55. The Hall–Kier alpha value is -1.30. The average molecular weight is 230 g/mol. The summed E-state index contributed by atoms with van der Waals surface area (Å²) >= 11 is 0. The normalized spacial score (nSPS) is 9.50. The van der Waals surface area contributed by atoms with Gasteiger partial charge in [0.1, 0.15) is 0 Å². The number of carbonyl (C=O) groups excluding carboxylic acids is 1. The zero-order chi connectivity index (χ0) is 11.3. The molecule has 5 nitrogen and oxygen atoms in total.